The molecule has 0 spiro atoms. The van der Waals surface area contributed by atoms with Gasteiger partial charge < -0.3 is 9.47 Å². The van der Waals surface area contributed by atoms with Gasteiger partial charge in [-0.15, -0.1) is 0 Å². The van der Waals surface area contributed by atoms with Crippen LogP contribution in [0.4, 0.5) is 4.39 Å². The molecule has 0 aliphatic rings. The van der Waals surface area contributed by atoms with Crippen molar-refractivity contribution in [3.05, 3.63) is 29.6 Å². The van der Waals surface area contributed by atoms with Crippen LogP contribution in [0.1, 0.15) is 5.56 Å². The van der Waals surface area contributed by atoms with Crippen LogP contribution >= 0.6 is 0 Å². The number of carbonyl (C=O) groups excluding carboxylic acids is 1. The summed E-state index contributed by atoms with van der Waals surface area (Å²) in [4.78, 5) is 13.2. The molecular formula is C13H18FNO3. The second kappa shape index (κ2) is 7.08. The Hall–Kier alpha value is -1.46. The fourth-order valence-electron chi connectivity index (χ4n) is 1.68. The molecular weight excluding hydrogens is 237 g/mol. The monoisotopic (exact) mass is 255 g/mol. The molecule has 4 nitrogen and oxygen atoms in total. The summed E-state index contributed by atoms with van der Waals surface area (Å²) in [7, 11) is 4.71. The molecule has 0 aliphatic heterocycles. The maximum atomic E-state index is 13.5. The molecule has 0 unspecified atom stereocenters. The molecule has 0 aromatic heterocycles. The van der Waals surface area contributed by atoms with Crippen molar-refractivity contribution < 1.29 is 18.7 Å². The van der Waals surface area contributed by atoms with Gasteiger partial charge >= 0.3 is 0 Å². The third kappa shape index (κ3) is 4.43. The van der Waals surface area contributed by atoms with Crippen LogP contribution in [0.25, 0.3) is 0 Å². The molecule has 1 rings (SSSR count). The molecule has 0 radical (unpaired) electrons. The third-order valence-corrected chi connectivity index (χ3v) is 2.42. The normalized spacial score (nSPS) is 10.7. The Morgan fingerprint density at radius 3 is 2.67 bits per heavy atom. The van der Waals surface area contributed by atoms with Gasteiger partial charge in [0.25, 0.3) is 0 Å². The molecule has 18 heavy (non-hydrogen) atoms. The SMILES string of the molecule is COCC(=O)CN(C)Cc1ccc(OC)c(F)c1. The van der Waals surface area contributed by atoms with E-state index in [1.807, 2.05) is 4.90 Å². The Morgan fingerprint density at radius 1 is 1.39 bits per heavy atom. The molecule has 0 fully saturated rings. The van der Waals surface area contributed by atoms with Crippen LogP contribution in [0.15, 0.2) is 18.2 Å². The number of likely N-dealkylation sites (N-methyl/N-ethyl adjacent to an activating group) is 1. The van der Waals surface area contributed by atoms with Gasteiger partial charge in [0.05, 0.1) is 13.7 Å². The number of hydrogen-bond donors (Lipinski definition) is 0. The Bertz CT molecular complexity index is 409. The second-order valence-electron chi connectivity index (χ2n) is 4.11. The van der Waals surface area contributed by atoms with Gasteiger partial charge in [-0.2, -0.15) is 0 Å². The Morgan fingerprint density at radius 2 is 2.11 bits per heavy atom. The van der Waals surface area contributed by atoms with Gasteiger partial charge in [0.2, 0.25) is 0 Å². The van der Waals surface area contributed by atoms with Crippen LogP contribution < -0.4 is 4.74 Å². The first kappa shape index (κ1) is 14.6. The van der Waals surface area contributed by atoms with E-state index in [-0.39, 0.29) is 24.7 Å². The highest BCUT2D eigenvalue weighted by Gasteiger charge is 2.09. The number of ether oxygens (including phenoxy) is 2. The van der Waals surface area contributed by atoms with E-state index in [0.29, 0.717) is 6.54 Å². The minimum Gasteiger partial charge on any atom is -0.494 e. The zero-order chi connectivity index (χ0) is 13.5. The second-order valence-corrected chi connectivity index (χ2v) is 4.11. The van der Waals surface area contributed by atoms with Crippen LogP contribution in [0.3, 0.4) is 0 Å². The van der Waals surface area contributed by atoms with Gasteiger partial charge in [0.1, 0.15) is 6.61 Å². The Kier molecular flexibility index (Phi) is 5.74. The number of hydrogen-bond acceptors (Lipinski definition) is 4. The first-order valence-electron chi connectivity index (χ1n) is 5.58. The number of carbonyl (C=O) groups is 1. The van der Waals surface area contributed by atoms with Crippen LogP contribution in [0.2, 0.25) is 0 Å². The maximum Gasteiger partial charge on any atom is 0.172 e. The molecule has 0 saturated carbocycles. The number of methoxy groups -OCH3 is 2. The first-order chi connectivity index (χ1) is 8.56. The molecule has 5 heteroatoms. The minimum absolute atomic E-state index is 0.00557. The zero-order valence-corrected chi connectivity index (χ0v) is 10.9. The Labute approximate surface area is 106 Å². The van der Waals surface area contributed by atoms with Gasteiger partial charge in [0, 0.05) is 13.7 Å². The van der Waals surface area contributed by atoms with E-state index in [0.717, 1.165) is 5.56 Å². The zero-order valence-electron chi connectivity index (χ0n) is 10.9. The summed E-state index contributed by atoms with van der Waals surface area (Å²) in [6, 6.07) is 4.77. The highest BCUT2D eigenvalue weighted by molar-refractivity contribution is 5.81. The summed E-state index contributed by atoms with van der Waals surface area (Å²) < 4.78 is 23.0. The van der Waals surface area contributed by atoms with Gasteiger partial charge in [0.15, 0.2) is 17.3 Å². The van der Waals surface area contributed by atoms with Gasteiger partial charge in [-0.25, -0.2) is 4.39 Å². The van der Waals surface area contributed by atoms with Crippen LogP contribution in [0.5, 0.6) is 5.75 Å². The summed E-state index contributed by atoms with van der Waals surface area (Å²) >= 11 is 0. The quantitative estimate of drug-likeness (QED) is 0.740. The average molecular weight is 255 g/mol. The van der Waals surface area contributed by atoms with Crippen molar-refractivity contribution in [3.63, 3.8) is 0 Å². The van der Waals surface area contributed by atoms with E-state index >= 15 is 0 Å². The van der Waals surface area contributed by atoms with Crippen molar-refractivity contribution in [2.75, 3.05) is 34.4 Å². The van der Waals surface area contributed by atoms with E-state index in [9.17, 15) is 9.18 Å². The molecule has 0 bridgehead atoms. The van der Waals surface area contributed by atoms with E-state index in [1.54, 1.807) is 19.2 Å². The minimum atomic E-state index is -0.397. The number of ketones is 1. The fourth-order valence-corrected chi connectivity index (χ4v) is 1.68. The number of benzene rings is 1. The van der Waals surface area contributed by atoms with Gasteiger partial charge in [-0.3, -0.25) is 9.69 Å². The summed E-state index contributed by atoms with van der Waals surface area (Å²) in [5.41, 5.74) is 0.793. The lowest BCUT2D eigenvalue weighted by molar-refractivity contribution is -0.123. The van der Waals surface area contributed by atoms with Gasteiger partial charge in [-0.05, 0) is 24.7 Å². The third-order valence-electron chi connectivity index (χ3n) is 2.42. The molecule has 0 saturated heterocycles. The topological polar surface area (TPSA) is 38.8 Å². The molecule has 0 amide bonds. The lowest BCUT2D eigenvalue weighted by Crippen LogP contribution is -2.27. The van der Waals surface area contributed by atoms with Crippen LogP contribution in [-0.4, -0.2) is 45.1 Å². The Balaban J connectivity index is 2.56. The van der Waals surface area contributed by atoms with Crippen molar-refractivity contribution in [2.24, 2.45) is 0 Å². The average Bonchev–Trinajstić information content (AvgIpc) is 2.29. The molecule has 0 aliphatic carbocycles. The van der Waals surface area contributed by atoms with E-state index in [1.165, 1.54) is 20.3 Å². The summed E-state index contributed by atoms with van der Waals surface area (Å²) in [5.74, 6) is -0.183. The first-order valence-corrected chi connectivity index (χ1v) is 5.58. The smallest absolute Gasteiger partial charge is 0.172 e. The van der Waals surface area contributed by atoms with Gasteiger partial charge in [-0.1, -0.05) is 6.07 Å². The largest absolute Gasteiger partial charge is 0.494 e. The van der Waals surface area contributed by atoms with Crippen molar-refractivity contribution in [1.29, 1.82) is 0 Å². The molecule has 0 heterocycles. The number of rotatable bonds is 7. The predicted octanol–water partition coefficient (Wildman–Crippen LogP) is 1.48. The van der Waals surface area contributed by atoms with Crippen LogP contribution in [0, 0.1) is 5.82 Å². The molecule has 1 aromatic rings. The van der Waals surface area contributed by atoms with Crippen molar-refractivity contribution in [2.45, 2.75) is 6.54 Å². The summed E-state index contributed by atoms with van der Waals surface area (Å²) in [5, 5.41) is 0. The maximum absolute atomic E-state index is 13.5. The molecule has 0 atom stereocenters. The highest BCUT2D eigenvalue weighted by Crippen LogP contribution is 2.18. The van der Waals surface area contributed by atoms with E-state index in [4.69, 9.17) is 9.47 Å². The number of nitrogens with zero attached hydrogens (tertiary/aromatic N) is 1. The molecule has 1 aromatic carbocycles. The summed E-state index contributed by atoms with van der Waals surface area (Å²) in [6.45, 7) is 0.874. The lowest BCUT2D eigenvalue weighted by Gasteiger charge is -2.16. The van der Waals surface area contributed by atoms with Crippen molar-refractivity contribution in [1.82, 2.24) is 4.90 Å². The van der Waals surface area contributed by atoms with E-state index < -0.39 is 5.82 Å². The fraction of sp³-hybridized carbons (Fsp3) is 0.462. The molecule has 100 valence electrons. The standard InChI is InChI=1S/C13H18FNO3/c1-15(8-11(16)9-17-2)7-10-4-5-13(18-3)12(14)6-10/h4-6H,7-9H2,1-3H3. The number of Topliss-reactive ketones (excluding diaryl/α,β-unsaturated/α-hetero) is 1. The van der Waals surface area contributed by atoms with E-state index in [2.05, 4.69) is 0 Å². The number of halogens is 1. The molecule has 0 N–H and O–H groups in total. The van der Waals surface area contributed by atoms with Crippen molar-refractivity contribution in [3.8, 4) is 5.75 Å². The van der Waals surface area contributed by atoms with Crippen LogP contribution in [-0.2, 0) is 16.1 Å². The highest BCUT2D eigenvalue weighted by atomic mass is 19.1. The predicted molar refractivity (Wildman–Crippen MR) is 66.2 cm³/mol. The lowest BCUT2D eigenvalue weighted by atomic mass is 10.2. The van der Waals surface area contributed by atoms with Crippen molar-refractivity contribution >= 4 is 5.78 Å². The summed E-state index contributed by atoms with van der Waals surface area (Å²) in [6.07, 6.45) is 0.